The van der Waals surface area contributed by atoms with Gasteiger partial charge in [0.1, 0.15) is 0 Å². The largest absolute Gasteiger partial charge is 0.477 e. The van der Waals surface area contributed by atoms with E-state index in [-0.39, 0.29) is 18.0 Å². The van der Waals surface area contributed by atoms with Crippen LogP contribution in [0.5, 0.6) is 0 Å². The standard InChI is InChI=1S/C16H13NO3.C12H14ClNO2/c18-15(19)14-11-16(20-17-14,12-7-3-1-4-8-12)13-9-5-2-6-10-13;1-12(2)8-16-14(11(12)15)7-9-5-3-4-6-10(9)13/h1-10H,11H2,(H,18,19);3-6H,7-8H2,1-2H3. The van der Waals surface area contributed by atoms with Crippen molar-refractivity contribution in [2.45, 2.75) is 32.4 Å². The molecule has 0 saturated carbocycles. The molecule has 2 aliphatic heterocycles. The van der Waals surface area contributed by atoms with Gasteiger partial charge >= 0.3 is 5.97 Å². The maximum atomic E-state index is 11.9. The van der Waals surface area contributed by atoms with E-state index in [0.717, 1.165) is 16.7 Å². The number of rotatable bonds is 5. The summed E-state index contributed by atoms with van der Waals surface area (Å²) in [6, 6.07) is 26.6. The molecule has 8 heteroatoms. The highest BCUT2D eigenvalue weighted by molar-refractivity contribution is 6.36. The fourth-order valence-corrected chi connectivity index (χ4v) is 4.23. The van der Waals surface area contributed by atoms with E-state index < -0.39 is 17.0 Å². The molecule has 7 nitrogen and oxygen atoms in total. The number of carboxylic acid groups (broad SMARTS) is 1. The van der Waals surface area contributed by atoms with Gasteiger partial charge < -0.3 is 9.94 Å². The summed E-state index contributed by atoms with van der Waals surface area (Å²) in [7, 11) is 0. The molecular formula is C28H27ClN2O5. The zero-order chi connectivity index (χ0) is 25.8. The molecule has 0 bridgehead atoms. The number of nitrogens with zero attached hydrogens (tertiary/aromatic N) is 2. The monoisotopic (exact) mass is 506 g/mol. The number of hydroxylamine groups is 2. The van der Waals surface area contributed by atoms with E-state index in [1.54, 1.807) is 0 Å². The molecule has 0 radical (unpaired) electrons. The maximum absolute atomic E-state index is 11.9. The molecule has 36 heavy (non-hydrogen) atoms. The molecule has 5 rings (SSSR count). The van der Waals surface area contributed by atoms with Crippen LogP contribution in [0.1, 0.15) is 37.0 Å². The predicted octanol–water partition coefficient (Wildman–Crippen LogP) is 5.43. The van der Waals surface area contributed by atoms with Crippen LogP contribution < -0.4 is 0 Å². The average Bonchev–Trinajstić information content (AvgIpc) is 3.45. The van der Waals surface area contributed by atoms with Gasteiger partial charge in [-0.2, -0.15) is 0 Å². The number of hydrogen-bond acceptors (Lipinski definition) is 5. The Kier molecular flexibility index (Phi) is 7.43. The summed E-state index contributed by atoms with van der Waals surface area (Å²) in [5.74, 6) is -1.04. The van der Waals surface area contributed by atoms with Crippen molar-refractivity contribution in [3.05, 3.63) is 107 Å². The van der Waals surface area contributed by atoms with E-state index in [1.807, 2.05) is 98.8 Å². The molecule has 0 atom stereocenters. The van der Waals surface area contributed by atoms with Crippen molar-refractivity contribution in [1.82, 2.24) is 5.06 Å². The number of carbonyl (C=O) groups is 2. The average molecular weight is 507 g/mol. The smallest absolute Gasteiger partial charge is 0.353 e. The lowest BCUT2D eigenvalue weighted by molar-refractivity contribution is -0.165. The Hall–Kier alpha value is -3.68. The Morgan fingerprint density at radius 2 is 1.53 bits per heavy atom. The number of aliphatic carboxylic acids is 1. The normalized spacial score (nSPS) is 17.6. The first-order valence-corrected chi connectivity index (χ1v) is 11.9. The fourth-order valence-electron chi connectivity index (χ4n) is 4.04. The van der Waals surface area contributed by atoms with Gasteiger partial charge in [0.15, 0.2) is 11.3 Å². The summed E-state index contributed by atoms with van der Waals surface area (Å²) < 4.78 is 0. The van der Waals surface area contributed by atoms with Crippen molar-refractivity contribution in [2.24, 2.45) is 10.6 Å². The summed E-state index contributed by atoms with van der Waals surface area (Å²) in [5, 5.41) is 14.9. The molecule has 2 aliphatic rings. The molecule has 2 heterocycles. The van der Waals surface area contributed by atoms with Crippen LogP contribution in [0.25, 0.3) is 0 Å². The summed E-state index contributed by atoms with van der Waals surface area (Å²) in [6.07, 6.45) is 0.219. The second-order valence-corrected chi connectivity index (χ2v) is 9.67. The topological polar surface area (TPSA) is 88.4 Å². The Balaban J connectivity index is 0.000000174. The first-order valence-electron chi connectivity index (χ1n) is 11.5. The molecule has 186 valence electrons. The van der Waals surface area contributed by atoms with E-state index in [9.17, 15) is 9.59 Å². The van der Waals surface area contributed by atoms with Crippen molar-refractivity contribution in [2.75, 3.05) is 6.61 Å². The number of benzene rings is 3. The summed E-state index contributed by atoms with van der Waals surface area (Å²) in [4.78, 5) is 34.0. The van der Waals surface area contributed by atoms with E-state index >= 15 is 0 Å². The van der Waals surface area contributed by atoms with Crippen molar-refractivity contribution in [1.29, 1.82) is 0 Å². The van der Waals surface area contributed by atoms with E-state index in [1.165, 1.54) is 5.06 Å². The minimum absolute atomic E-state index is 0.00687. The Morgan fingerprint density at radius 3 is 2.00 bits per heavy atom. The van der Waals surface area contributed by atoms with Crippen LogP contribution in [0.2, 0.25) is 5.02 Å². The molecule has 3 aromatic carbocycles. The second-order valence-electron chi connectivity index (χ2n) is 9.26. The van der Waals surface area contributed by atoms with Crippen molar-refractivity contribution < 1.29 is 24.4 Å². The summed E-state index contributed by atoms with van der Waals surface area (Å²) in [6.45, 7) is 4.59. The minimum Gasteiger partial charge on any atom is -0.477 e. The SMILES string of the molecule is CC1(C)CON(Cc2ccccc2Cl)C1=O.O=C(O)C1=NOC(c2ccccc2)(c2ccccc2)C1. The second kappa shape index (κ2) is 10.5. The van der Waals surface area contributed by atoms with Crippen LogP contribution in [-0.4, -0.2) is 34.4 Å². The number of carbonyl (C=O) groups excluding carboxylic acids is 1. The lowest BCUT2D eigenvalue weighted by Crippen LogP contribution is -2.30. The van der Waals surface area contributed by atoms with Crippen molar-refractivity contribution >= 4 is 29.2 Å². The quantitative estimate of drug-likeness (QED) is 0.498. The Labute approximate surface area is 214 Å². The zero-order valence-electron chi connectivity index (χ0n) is 20.1. The number of halogens is 1. The van der Waals surface area contributed by atoms with E-state index in [0.29, 0.717) is 18.2 Å². The fraction of sp³-hybridized carbons (Fsp3) is 0.250. The van der Waals surface area contributed by atoms with Crippen LogP contribution in [0.4, 0.5) is 0 Å². The number of hydrogen-bond donors (Lipinski definition) is 1. The first kappa shape index (κ1) is 25.4. The molecule has 1 saturated heterocycles. The van der Waals surface area contributed by atoms with Gasteiger partial charge in [-0.1, -0.05) is 95.6 Å². The molecule has 0 aromatic heterocycles. The van der Waals surface area contributed by atoms with Crippen LogP contribution in [0, 0.1) is 5.41 Å². The molecule has 0 aliphatic carbocycles. The van der Waals surface area contributed by atoms with Gasteiger partial charge in [0.05, 0.1) is 25.0 Å². The highest BCUT2D eigenvalue weighted by Crippen LogP contribution is 2.41. The predicted molar refractivity (Wildman–Crippen MR) is 136 cm³/mol. The molecular weight excluding hydrogens is 480 g/mol. The van der Waals surface area contributed by atoms with Gasteiger partial charge in [0.25, 0.3) is 5.91 Å². The Bertz CT molecular complexity index is 1220. The van der Waals surface area contributed by atoms with Crippen LogP contribution >= 0.6 is 11.6 Å². The lowest BCUT2D eigenvalue weighted by atomic mass is 9.82. The van der Waals surface area contributed by atoms with Gasteiger partial charge in [-0.05, 0) is 25.5 Å². The number of carboxylic acids is 1. The highest BCUT2D eigenvalue weighted by atomic mass is 35.5. The van der Waals surface area contributed by atoms with Crippen LogP contribution in [0.15, 0.2) is 90.1 Å². The summed E-state index contributed by atoms with van der Waals surface area (Å²) >= 11 is 6.03. The highest BCUT2D eigenvalue weighted by Gasteiger charge is 2.44. The van der Waals surface area contributed by atoms with Gasteiger partial charge in [0.2, 0.25) is 0 Å². The maximum Gasteiger partial charge on any atom is 0.353 e. The molecule has 1 N–H and O–H groups in total. The third-order valence-electron chi connectivity index (χ3n) is 6.11. The van der Waals surface area contributed by atoms with Gasteiger partial charge in [0, 0.05) is 16.1 Å². The van der Waals surface area contributed by atoms with Crippen LogP contribution in [0.3, 0.4) is 0 Å². The lowest BCUT2D eigenvalue weighted by Gasteiger charge is -2.27. The molecule has 3 aromatic rings. The van der Waals surface area contributed by atoms with Crippen molar-refractivity contribution in [3.8, 4) is 0 Å². The van der Waals surface area contributed by atoms with Crippen LogP contribution in [-0.2, 0) is 31.4 Å². The molecule has 1 fully saturated rings. The molecule has 1 amide bonds. The van der Waals surface area contributed by atoms with Gasteiger partial charge in [-0.15, -0.1) is 0 Å². The number of oxime groups is 1. The van der Waals surface area contributed by atoms with Crippen molar-refractivity contribution in [3.63, 3.8) is 0 Å². The molecule has 0 spiro atoms. The minimum atomic E-state index is -1.04. The first-order chi connectivity index (χ1) is 17.2. The third-order valence-corrected chi connectivity index (χ3v) is 6.48. The molecule has 0 unspecified atom stereocenters. The van der Waals surface area contributed by atoms with E-state index in [2.05, 4.69) is 5.16 Å². The summed E-state index contributed by atoms with van der Waals surface area (Å²) in [5.41, 5.74) is 1.45. The Morgan fingerprint density at radius 1 is 0.972 bits per heavy atom. The van der Waals surface area contributed by atoms with Gasteiger partial charge in [-0.3, -0.25) is 9.63 Å². The zero-order valence-corrected chi connectivity index (χ0v) is 20.8. The van der Waals surface area contributed by atoms with E-state index in [4.69, 9.17) is 26.4 Å². The third kappa shape index (κ3) is 5.27. The number of amides is 1. The van der Waals surface area contributed by atoms with Gasteiger partial charge in [-0.25, -0.2) is 9.86 Å².